The normalized spacial score (nSPS) is 13.9. The molecule has 8 heteroatoms. The van der Waals surface area contributed by atoms with Gasteiger partial charge in [0.05, 0.1) is 0 Å². The van der Waals surface area contributed by atoms with Crippen LogP contribution in [-0.4, -0.2) is 72.7 Å². The Balaban J connectivity index is 1.15. The minimum Gasteiger partial charge on any atom is -0.478 e. The first-order valence-corrected chi connectivity index (χ1v) is 15.8. The summed E-state index contributed by atoms with van der Waals surface area (Å²) in [7, 11) is 4.16. The number of piperazine rings is 1. The molecule has 5 aromatic rings. The average molecular weight is 623 g/mol. The number of aromatic carboxylic acids is 1. The van der Waals surface area contributed by atoms with Crippen molar-refractivity contribution in [2.45, 2.75) is 19.4 Å². The zero-order chi connectivity index (χ0) is 31.3. The molecule has 4 aromatic carbocycles. The van der Waals surface area contributed by atoms with Crippen LogP contribution in [-0.2, 0) is 13.0 Å². The molecule has 1 aromatic heterocycles. The highest BCUT2D eigenvalue weighted by molar-refractivity contribution is 6.30. The summed E-state index contributed by atoms with van der Waals surface area (Å²) in [6.07, 6.45) is 4.07. The molecule has 2 N–H and O–H groups in total. The molecule has 1 aliphatic rings. The van der Waals surface area contributed by atoms with E-state index in [0.717, 1.165) is 79.3 Å². The number of H-pyrrole nitrogens is 1. The molecular weight excluding hydrogens is 584 g/mol. The van der Waals surface area contributed by atoms with Crippen molar-refractivity contribution in [3.63, 3.8) is 0 Å². The van der Waals surface area contributed by atoms with E-state index in [-0.39, 0.29) is 5.56 Å². The Morgan fingerprint density at radius 2 is 1.71 bits per heavy atom. The minimum absolute atomic E-state index is 0.150. The predicted octanol–water partition coefficient (Wildman–Crippen LogP) is 7.80. The first-order chi connectivity index (χ1) is 21.8. The van der Waals surface area contributed by atoms with Gasteiger partial charge in [0, 0.05) is 66.6 Å². The molecule has 0 atom stereocenters. The number of ether oxygens (including phenoxy) is 1. The van der Waals surface area contributed by atoms with Gasteiger partial charge < -0.3 is 24.6 Å². The highest BCUT2D eigenvalue weighted by Gasteiger charge is 2.21. The molecule has 2 heterocycles. The van der Waals surface area contributed by atoms with Crippen LogP contribution < -0.4 is 9.64 Å². The highest BCUT2D eigenvalue weighted by atomic mass is 35.5. The highest BCUT2D eigenvalue weighted by Crippen LogP contribution is 2.33. The monoisotopic (exact) mass is 622 g/mol. The minimum atomic E-state index is -1.01. The number of hydrogen-bond donors (Lipinski definition) is 2. The quantitative estimate of drug-likeness (QED) is 0.157. The molecule has 1 fully saturated rings. The number of halogens is 1. The second kappa shape index (κ2) is 13.8. The number of nitrogens with one attached hydrogen (secondary N) is 1. The van der Waals surface area contributed by atoms with Crippen molar-refractivity contribution in [3.05, 3.63) is 113 Å². The summed E-state index contributed by atoms with van der Waals surface area (Å²) in [6, 6.07) is 27.9. The van der Waals surface area contributed by atoms with Gasteiger partial charge in [-0.05, 0) is 98.2 Å². The summed E-state index contributed by atoms with van der Waals surface area (Å²) in [6.45, 7) is 5.33. The van der Waals surface area contributed by atoms with Crippen molar-refractivity contribution in [2.75, 3.05) is 51.7 Å². The number of anilines is 1. The van der Waals surface area contributed by atoms with Crippen molar-refractivity contribution in [1.29, 1.82) is 0 Å². The van der Waals surface area contributed by atoms with E-state index in [0.29, 0.717) is 11.5 Å². The molecule has 0 unspecified atom stereocenters. The zero-order valence-electron chi connectivity index (χ0n) is 25.8. The molecule has 0 amide bonds. The predicted molar refractivity (Wildman–Crippen MR) is 183 cm³/mol. The van der Waals surface area contributed by atoms with Gasteiger partial charge >= 0.3 is 5.97 Å². The van der Waals surface area contributed by atoms with Crippen LogP contribution in [0, 0.1) is 0 Å². The van der Waals surface area contributed by atoms with Crippen molar-refractivity contribution in [3.8, 4) is 22.6 Å². The summed E-state index contributed by atoms with van der Waals surface area (Å²) in [5.74, 6) is -0.0315. The van der Waals surface area contributed by atoms with E-state index in [1.807, 2.05) is 42.5 Å². The van der Waals surface area contributed by atoms with Crippen molar-refractivity contribution in [2.24, 2.45) is 0 Å². The van der Waals surface area contributed by atoms with Gasteiger partial charge in [0.15, 0.2) is 0 Å². The maximum absolute atomic E-state index is 12.1. The number of benzene rings is 4. The van der Waals surface area contributed by atoms with E-state index in [4.69, 9.17) is 16.3 Å². The Hall–Kier alpha value is -4.30. The number of rotatable bonds is 11. The Morgan fingerprint density at radius 3 is 2.47 bits per heavy atom. The fourth-order valence-electron chi connectivity index (χ4n) is 6.08. The van der Waals surface area contributed by atoms with Gasteiger partial charge in [0.25, 0.3) is 0 Å². The van der Waals surface area contributed by atoms with E-state index in [1.54, 1.807) is 6.07 Å². The fraction of sp³-hybridized carbons (Fsp3) is 0.270. The summed E-state index contributed by atoms with van der Waals surface area (Å²) in [4.78, 5) is 22.5. The number of nitrogens with zero attached hydrogens (tertiary/aromatic N) is 3. The van der Waals surface area contributed by atoms with Crippen LogP contribution in [0.25, 0.3) is 22.0 Å². The Labute approximate surface area is 269 Å². The average Bonchev–Trinajstić information content (AvgIpc) is 3.44. The summed E-state index contributed by atoms with van der Waals surface area (Å²) in [5, 5.41) is 11.8. The Bertz CT molecular complexity index is 1770. The second-order valence-electron chi connectivity index (χ2n) is 11.9. The van der Waals surface area contributed by atoms with Crippen molar-refractivity contribution >= 4 is 34.2 Å². The van der Waals surface area contributed by atoms with E-state index < -0.39 is 5.97 Å². The number of carboxylic acids is 1. The number of carboxylic acid groups (broad SMARTS) is 1. The van der Waals surface area contributed by atoms with Gasteiger partial charge in [-0.3, -0.25) is 4.90 Å². The first kappa shape index (κ1) is 30.7. The Kier molecular flexibility index (Phi) is 9.40. The third kappa shape index (κ3) is 7.34. The number of hydrogen-bond acceptors (Lipinski definition) is 5. The van der Waals surface area contributed by atoms with Crippen LogP contribution in [0.4, 0.5) is 5.69 Å². The molecule has 7 nitrogen and oxygen atoms in total. The molecule has 0 aliphatic carbocycles. The number of fused-ring (bicyclic) bond motifs is 1. The molecule has 1 saturated heterocycles. The van der Waals surface area contributed by atoms with Gasteiger partial charge in [-0.15, -0.1) is 0 Å². The lowest BCUT2D eigenvalue weighted by molar-refractivity contribution is 0.0694. The Morgan fingerprint density at radius 1 is 0.933 bits per heavy atom. The van der Waals surface area contributed by atoms with Gasteiger partial charge in [0.2, 0.25) is 0 Å². The van der Waals surface area contributed by atoms with Crippen LogP contribution in [0.1, 0.15) is 27.9 Å². The molecule has 45 heavy (non-hydrogen) atoms. The largest absolute Gasteiger partial charge is 0.478 e. The van der Waals surface area contributed by atoms with Gasteiger partial charge in [0.1, 0.15) is 17.1 Å². The molecule has 0 saturated carbocycles. The molecule has 232 valence electrons. The van der Waals surface area contributed by atoms with Crippen molar-refractivity contribution < 1.29 is 14.6 Å². The maximum Gasteiger partial charge on any atom is 0.339 e. The van der Waals surface area contributed by atoms with Crippen LogP contribution in [0.15, 0.2) is 91.1 Å². The fourth-order valence-corrected chi connectivity index (χ4v) is 6.21. The summed E-state index contributed by atoms with van der Waals surface area (Å²) >= 11 is 6.13. The molecule has 0 radical (unpaired) electrons. The van der Waals surface area contributed by atoms with Gasteiger partial charge in [-0.1, -0.05) is 48.0 Å². The lowest BCUT2D eigenvalue weighted by Gasteiger charge is -2.36. The van der Waals surface area contributed by atoms with E-state index in [9.17, 15) is 9.90 Å². The number of carbonyl (C=O) groups is 1. The van der Waals surface area contributed by atoms with Crippen LogP contribution in [0.3, 0.4) is 0 Å². The molecule has 0 spiro atoms. The molecule has 1 aliphatic heterocycles. The lowest BCUT2D eigenvalue weighted by Crippen LogP contribution is -2.46. The van der Waals surface area contributed by atoms with Gasteiger partial charge in [-0.25, -0.2) is 4.79 Å². The number of aromatic nitrogens is 1. The topological polar surface area (TPSA) is 72.0 Å². The third-order valence-electron chi connectivity index (χ3n) is 8.52. The van der Waals surface area contributed by atoms with Crippen LogP contribution in [0.2, 0.25) is 5.02 Å². The molecule has 0 bridgehead atoms. The van der Waals surface area contributed by atoms with Crippen LogP contribution in [0.5, 0.6) is 11.5 Å². The smallest absolute Gasteiger partial charge is 0.339 e. The van der Waals surface area contributed by atoms with Crippen LogP contribution >= 0.6 is 11.6 Å². The molecular formula is C37H39ClN4O3. The van der Waals surface area contributed by atoms with E-state index in [2.05, 4.69) is 76.4 Å². The van der Waals surface area contributed by atoms with E-state index >= 15 is 0 Å². The van der Waals surface area contributed by atoms with E-state index in [1.165, 1.54) is 16.7 Å². The van der Waals surface area contributed by atoms with Gasteiger partial charge in [-0.2, -0.15) is 0 Å². The third-order valence-corrected chi connectivity index (χ3v) is 8.77. The lowest BCUT2D eigenvalue weighted by atomic mass is 9.99. The summed E-state index contributed by atoms with van der Waals surface area (Å²) in [5.41, 5.74) is 7.06. The second-order valence-corrected chi connectivity index (χ2v) is 12.4. The maximum atomic E-state index is 12.1. The SMILES string of the molecule is CN(C)CCCc1c[nH]c2ccc(Oc3cc(N4CCN(Cc5ccccc5-c5ccc(Cl)cc5)CC4)ccc3C(=O)O)cc12. The first-order valence-electron chi connectivity index (χ1n) is 15.4. The molecule has 6 rings (SSSR count). The summed E-state index contributed by atoms with van der Waals surface area (Å²) < 4.78 is 6.29. The van der Waals surface area contributed by atoms with Crippen molar-refractivity contribution in [1.82, 2.24) is 14.8 Å². The number of aromatic amines is 1. The number of aryl methyl sites for hydroxylation is 1. The standard InChI is InChI=1S/C37H39ClN4O3/c1-40(2)17-5-7-27-24-39-35-16-14-31(23-34(27)35)45-36-22-30(13-15-33(36)37(43)44)42-20-18-41(19-21-42)25-28-6-3-4-8-32(28)26-9-11-29(38)12-10-26/h3-4,6,8-16,22-24,39H,5,7,17-21,25H2,1-2H3,(H,43,44). The zero-order valence-corrected chi connectivity index (χ0v) is 26.6.